The predicted molar refractivity (Wildman–Crippen MR) is 171 cm³/mol. The van der Waals surface area contributed by atoms with Crippen molar-refractivity contribution in [3.05, 3.63) is 0 Å². The third-order valence-corrected chi connectivity index (χ3v) is 6.50. The lowest BCUT2D eigenvalue weighted by molar-refractivity contribution is 0.0238. The van der Waals surface area contributed by atoms with Crippen molar-refractivity contribution >= 4 is 0 Å². The van der Waals surface area contributed by atoms with Crippen LogP contribution in [0.2, 0.25) is 0 Å². The minimum atomic E-state index is -2.42. The van der Waals surface area contributed by atoms with E-state index in [-0.39, 0.29) is 18.9 Å². The Kier molecular flexibility index (Phi) is 22.3. The number of alkyl halides is 3. The fourth-order valence-corrected chi connectivity index (χ4v) is 4.67. The first-order chi connectivity index (χ1) is 18.3. The number of halogens is 3. The lowest BCUT2D eigenvalue weighted by Gasteiger charge is -2.38. The molecule has 40 heavy (non-hydrogen) atoms. The molecule has 2 saturated heterocycles. The first-order valence-corrected chi connectivity index (χ1v) is 16.3. The summed E-state index contributed by atoms with van der Waals surface area (Å²) in [7, 11) is 0. The molecule has 2 aliphatic carbocycles. The summed E-state index contributed by atoms with van der Waals surface area (Å²) in [6, 6.07) is 1.60. The van der Waals surface area contributed by atoms with Crippen LogP contribution >= 0.6 is 0 Å². The van der Waals surface area contributed by atoms with Crippen molar-refractivity contribution < 1.29 is 13.2 Å². The summed E-state index contributed by atoms with van der Waals surface area (Å²) in [6.45, 7) is 30.2. The first kappa shape index (κ1) is 41.8. The lowest BCUT2D eigenvalue weighted by Crippen LogP contribution is -2.49. The van der Waals surface area contributed by atoms with Gasteiger partial charge >= 0.3 is 0 Å². The van der Waals surface area contributed by atoms with Gasteiger partial charge in [0.25, 0.3) is 5.92 Å². The Labute approximate surface area is 248 Å². The highest BCUT2D eigenvalue weighted by Crippen LogP contribution is 2.28. The molecular formula is C33H71F3N4. The van der Waals surface area contributed by atoms with Gasteiger partial charge < -0.3 is 21.3 Å². The Hall–Kier alpha value is -0.370. The van der Waals surface area contributed by atoms with Gasteiger partial charge in [0.15, 0.2) is 0 Å². The Bertz CT molecular complexity index is 529. The number of nitrogens with one attached hydrogen (secondary N) is 4. The van der Waals surface area contributed by atoms with E-state index in [0.717, 1.165) is 30.5 Å². The van der Waals surface area contributed by atoms with E-state index in [4.69, 9.17) is 0 Å². The quantitative estimate of drug-likeness (QED) is 0.265. The molecule has 0 amide bonds. The molecule has 4 fully saturated rings. The van der Waals surface area contributed by atoms with Crippen LogP contribution in [0.4, 0.5) is 13.2 Å². The van der Waals surface area contributed by atoms with E-state index in [1.54, 1.807) is 0 Å². The first-order valence-electron chi connectivity index (χ1n) is 16.3. The van der Waals surface area contributed by atoms with E-state index in [2.05, 4.69) is 104 Å². The van der Waals surface area contributed by atoms with Crippen LogP contribution < -0.4 is 21.3 Å². The van der Waals surface area contributed by atoms with Crippen molar-refractivity contribution in [1.82, 2.24) is 21.3 Å². The summed E-state index contributed by atoms with van der Waals surface area (Å²) < 4.78 is 36.0. The predicted octanol–water partition coefficient (Wildman–Crippen LogP) is 8.36. The Balaban J connectivity index is 0. The molecule has 2 aliphatic heterocycles. The maximum absolute atomic E-state index is 12.3. The van der Waals surface area contributed by atoms with Gasteiger partial charge in [-0.25, -0.2) is 13.2 Å². The second-order valence-corrected chi connectivity index (χ2v) is 14.7. The molecule has 4 rings (SSSR count). The van der Waals surface area contributed by atoms with Gasteiger partial charge in [-0.05, 0) is 79.1 Å². The number of rotatable bonds is 2. The second-order valence-electron chi connectivity index (χ2n) is 14.7. The topological polar surface area (TPSA) is 48.1 Å². The summed E-state index contributed by atoms with van der Waals surface area (Å²) in [4.78, 5) is 0. The largest absolute Gasteiger partial charge is 0.313 e. The Morgan fingerprint density at radius 2 is 1.07 bits per heavy atom. The molecular weight excluding hydrogens is 509 g/mol. The monoisotopic (exact) mass is 581 g/mol. The van der Waals surface area contributed by atoms with Gasteiger partial charge in [-0.1, -0.05) is 61.3 Å². The average Bonchev–Trinajstić information content (AvgIpc) is 3.33. The molecule has 4 nitrogen and oxygen atoms in total. The normalized spacial score (nSPS) is 30.0. The maximum Gasteiger partial charge on any atom is 0.261 e. The average molecular weight is 581 g/mol. The fraction of sp³-hybridized carbons (Fsp3) is 1.00. The van der Waals surface area contributed by atoms with Gasteiger partial charge in [0, 0.05) is 55.1 Å². The van der Waals surface area contributed by atoms with Crippen molar-refractivity contribution in [3.8, 4) is 0 Å². The van der Waals surface area contributed by atoms with E-state index < -0.39 is 12.1 Å². The molecule has 0 spiro atoms. The van der Waals surface area contributed by atoms with Gasteiger partial charge in [-0.15, -0.1) is 0 Å². The third kappa shape index (κ3) is 25.3. The summed E-state index contributed by atoms with van der Waals surface area (Å²) in [5.74, 6) is -0.264. The SMILES string of the molecule is CC1CC(NC(C)(C)C)C1.CC1CC(NC(C)(C)C)C1.CCC.CCC.C[C@H]1CNC[C@H]1F.FC1(F)CCNC1. The summed E-state index contributed by atoms with van der Waals surface area (Å²) >= 11 is 0. The van der Waals surface area contributed by atoms with Crippen LogP contribution in [-0.4, -0.2) is 61.4 Å². The molecule has 0 bridgehead atoms. The van der Waals surface area contributed by atoms with E-state index in [0.29, 0.717) is 24.2 Å². The van der Waals surface area contributed by atoms with E-state index in [9.17, 15) is 13.2 Å². The van der Waals surface area contributed by atoms with Crippen LogP contribution in [-0.2, 0) is 0 Å². The minimum Gasteiger partial charge on any atom is -0.313 e. The summed E-state index contributed by atoms with van der Waals surface area (Å²) in [6.07, 6.45) is 7.40. The van der Waals surface area contributed by atoms with Gasteiger partial charge in [-0.2, -0.15) is 0 Å². The van der Waals surface area contributed by atoms with Crippen LogP contribution in [0.5, 0.6) is 0 Å². The molecule has 2 heterocycles. The molecule has 4 aliphatic rings. The Morgan fingerprint density at radius 1 is 0.700 bits per heavy atom. The van der Waals surface area contributed by atoms with Crippen molar-refractivity contribution in [2.24, 2.45) is 17.8 Å². The molecule has 7 heteroatoms. The van der Waals surface area contributed by atoms with Gasteiger partial charge in [0.2, 0.25) is 0 Å². The van der Waals surface area contributed by atoms with Crippen molar-refractivity contribution in [2.45, 2.75) is 170 Å². The molecule has 0 aromatic carbocycles. The zero-order chi connectivity index (χ0) is 31.6. The maximum atomic E-state index is 12.3. The molecule has 4 N–H and O–H groups in total. The molecule has 2 saturated carbocycles. The van der Waals surface area contributed by atoms with Crippen LogP contribution in [0.25, 0.3) is 0 Å². The van der Waals surface area contributed by atoms with E-state index >= 15 is 0 Å². The van der Waals surface area contributed by atoms with Gasteiger partial charge in [0.1, 0.15) is 6.17 Å². The van der Waals surface area contributed by atoms with Crippen molar-refractivity contribution in [1.29, 1.82) is 0 Å². The summed E-state index contributed by atoms with van der Waals surface area (Å²) in [5.41, 5.74) is 0.621. The molecule has 0 radical (unpaired) electrons. The van der Waals surface area contributed by atoms with Crippen molar-refractivity contribution in [2.75, 3.05) is 26.2 Å². The minimum absolute atomic E-state index is 0.00694. The number of hydrogen-bond acceptors (Lipinski definition) is 4. The highest BCUT2D eigenvalue weighted by Gasteiger charge is 2.32. The molecule has 0 aromatic rings. The summed E-state index contributed by atoms with van der Waals surface area (Å²) in [5, 5.41) is 12.7. The van der Waals surface area contributed by atoms with E-state index in [1.807, 2.05) is 6.92 Å². The molecule has 0 aromatic heterocycles. The molecule has 244 valence electrons. The second kappa shape index (κ2) is 21.3. The molecule has 2 atom stereocenters. The van der Waals surface area contributed by atoms with Crippen LogP contribution in [0.15, 0.2) is 0 Å². The van der Waals surface area contributed by atoms with Crippen LogP contribution in [0.1, 0.15) is 135 Å². The zero-order valence-electron chi connectivity index (χ0n) is 28.9. The van der Waals surface area contributed by atoms with Gasteiger partial charge in [-0.3, -0.25) is 0 Å². The Morgan fingerprint density at radius 3 is 1.20 bits per heavy atom. The number of hydrogen-bond donors (Lipinski definition) is 4. The third-order valence-electron chi connectivity index (χ3n) is 6.50. The highest BCUT2D eigenvalue weighted by atomic mass is 19.3. The lowest BCUT2D eigenvalue weighted by atomic mass is 9.81. The molecule has 0 unspecified atom stereocenters. The van der Waals surface area contributed by atoms with E-state index in [1.165, 1.54) is 38.5 Å². The van der Waals surface area contributed by atoms with Crippen molar-refractivity contribution in [3.63, 3.8) is 0 Å². The smallest absolute Gasteiger partial charge is 0.261 e. The van der Waals surface area contributed by atoms with Crippen LogP contribution in [0, 0.1) is 17.8 Å². The fourth-order valence-electron chi connectivity index (χ4n) is 4.67. The van der Waals surface area contributed by atoms with Crippen LogP contribution in [0.3, 0.4) is 0 Å². The standard InChI is InChI=1S/2C9H19N.C5H10FN.C4H7F2N.2C3H8/c2*1-7-5-8(6-7)10-9(2,3)4;1-4-2-7-3-5(4)6;5-4(6)1-2-7-3-4;2*1-3-2/h2*7-8,10H,5-6H2,1-4H3;4-5,7H,2-3H2,1H3;7H,1-3H2;2*3H2,1-2H3/t;;4-,5+;;;/m..0.../s1. The zero-order valence-corrected chi connectivity index (χ0v) is 28.9. The van der Waals surface area contributed by atoms with Gasteiger partial charge in [0.05, 0.1) is 6.54 Å². The highest BCUT2D eigenvalue weighted by molar-refractivity contribution is 4.88.